The van der Waals surface area contributed by atoms with Crippen molar-refractivity contribution in [1.82, 2.24) is 10.3 Å². The summed E-state index contributed by atoms with van der Waals surface area (Å²) < 4.78 is 4.78. The summed E-state index contributed by atoms with van der Waals surface area (Å²) in [6.45, 7) is 6.47. The highest BCUT2D eigenvalue weighted by atomic mass is 16.5. The van der Waals surface area contributed by atoms with Crippen molar-refractivity contribution >= 4 is 18.1 Å². The zero-order valence-corrected chi connectivity index (χ0v) is 10.7. The lowest BCUT2D eigenvalue weighted by molar-refractivity contribution is -0.143. The van der Waals surface area contributed by atoms with E-state index in [1.54, 1.807) is 0 Å². The minimum atomic E-state index is -0.268. The standard InChI is InChI=1S/C14H18N2O2/c1-4-6-11-9(5-2)10-7-12(14(17)18-3)15-8-13(10)16-11/h4-6,12,15-16H,2,7-8H2,1,3H3/b6-4-/t12-/m0/s1. The monoisotopic (exact) mass is 246 g/mol. The molecule has 0 fully saturated rings. The number of ether oxygens (including phenoxy) is 1. The Bertz CT molecular complexity index is 500. The van der Waals surface area contributed by atoms with Crippen LogP contribution < -0.4 is 5.32 Å². The van der Waals surface area contributed by atoms with Crippen molar-refractivity contribution in [2.45, 2.75) is 25.9 Å². The smallest absolute Gasteiger partial charge is 0.323 e. The van der Waals surface area contributed by atoms with Gasteiger partial charge in [0, 0.05) is 29.9 Å². The summed E-state index contributed by atoms with van der Waals surface area (Å²) >= 11 is 0. The maximum absolute atomic E-state index is 11.6. The predicted molar refractivity (Wildman–Crippen MR) is 71.9 cm³/mol. The molecule has 0 saturated carbocycles. The fourth-order valence-corrected chi connectivity index (χ4v) is 2.36. The zero-order valence-electron chi connectivity index (χ0n) is 10.7. The van der Waals surface area contributed by atoms with E-state index in [1.165, 1.54) is 7.11 Å². The first-order chi connectivity index (χ1) is 8.71. The Morgan fingerprint density at radius 3 is 2.94 bits per heavy atom. The molecule has 0 amide bonds. The molecule has 1 atom stereocenters. The van der Waals surface area contributed by atoms with Crippen molar-refractivity contribution in [2.75, 3.05) is 7.11 Å². The molecule has 0 aromatic carbocycles. The van der Waals surface area contributed by atoms with Gasteiger partial charge in [-0.1, -0.05) is 18.7 Å². The average Bonchev–Trinajstić information content (AvgIpc) is 2.74. The Balaban J connectivity index is 2.36. The Hall–Kier alpha value is -1.81. The molecule has 1 aromatic heterocycles. The Kier molecular flexibility index (Phi) is 3.67. The molecule has 2 rings (SSSR count). The summed E-state index contributed by atoms with van der Waals surface area (Å²) in [6, 6.07) is -0.268. The summed E-state index contributed by atoms with van der Waals surface area (Å²) in [4.78, 5) is 14.9. The molecule has 0 aliphatic carbocycles. The molecular weight excluding hydrogens is 228 g/mol. The SMILES string of the molecule is C=Cc1c(/C=C\C)[nH]c2c1C[C@@H](C(=O)OC)NC2. The van der Waals surface area contributed by atoms with Gasteiger partial charge in [0.25, 0.3) is 0 Å². The van der Waals surface area contributed by atoms with Crippen LogP contribution in [0.4, 0.5) is 0 Å². The van der Waals surface area contributed by atoms with Crippen molar-refractivity contribution in [3.63, 3.8) is 0 Å². The number of rotatable bonds is 3. The van der Waals surface area contributed by atoms with Crippen molar-refractivity contribution in [3.8, 4) is 0 Å². The molecule has 1 aromatic rings. The third kappa shape index (κ3) is 2.11. The van der Waals surface area contributed by atoms with Gasteiger partial charge in [-0.2, -0.15) is 0 Å². The number of hydrogen-bond donors (Lipinski definition) is 2. The second kappa shape index (κ2) is 5.23. The van der Waals surface area contributed by atoms with Gasteiger partial charge in [-0.25, -0.2) is 0 Å². The molecule has 2 heterocycles. The van der Waals surface area contributed by atoms with E-state index in [0.717, 1.165) is 22.5 Å². The van der Waals surface area contributed by atoms with Crippen molar-refractivity contribution in [1.29, 1.82) is 0 Å². The van der Waals surface area contributed by atoms with Crippen LogP contribution in [-0.4, -0.2) is 24.1 Å². The molecule has 0 bridgehead atoms. The normalized spacial score (nSPS) is 18.7. The van der Waals surface area contributed by atoms with Crippen LogP contribution in [0.1, 0.15) is 29.4 Å². The number of hydrogen-bond acceptors (Lipinski definition) is 3. The number of H-pyrrole nitrogens is 1. The zero-order chi connectivity index (χ0) is 13.1. The van der Waals surface area contributed by atoms with Crippen LogP contribution in [0.2, 0.25) is 0 Å². The molecule has 4 nitrogen and oxygen atoms in total. The maximum atomic E-state index is 11.6. The Labute approximate surface area is 107 Å². The number of aromatic amines is 1. The number of fused-ring (bicyclic) bond motifs is 1. The highest BCUT2D eigenvalue weighted by molar-refractivity contribution is 5.77. The van der Waals surface area contributed by atoms with Crippen LogP contribution in [-0.2, 0) is 22.5 Å². The Morgan fingerprint density at radius 2 is 2.33 bits per heavy atom. The van der Waals surface area contributed by atoms with Crippen LogP contribution in [0.5, 0.6) is 0 Å². The van der Waals surface area contributed by atoms with Crippen LogP contribution in [0.3, 0.4) is 0 Å². The first-order valence-corrected chi connectivity index (χ1v) is 6.01. The van der Waals surface area contributed by atoms with Crippen LogP contribution in [0.25, 0.3) is 12.2 Å². The van der Waals surface area contributed by atoms with E-state index in [1.807, 2.05) is 25.2 Å². The molecule has 0 saturated heterocycles. The summed E-state index contributed by atoms with van der Waals surface area (Å²) in [5.74, 6) is -0.218. The van der Waals surface area contributed by atoms with Gasteiger partial charge in [0.15, 0.2) is 0 Å². The van der Waals surface area contributed by atoms with Gasteiger partial charge in [-0.15, -0.1) is 0 Å². The molecule has 1 aliphatic heterocycles. The molecule has 0 radical (unpaired) electrons. The molecule has 4 heteroatoms. The van der Waals surface area contributed by atoms with Gasteiger partial charge in [-0.05, 0) is 18.6 Å². The van der Waals surface area contributed by atoms with Gasteiger partial charge in [0.2, 0.25) is 0 Å². The number of aromatic nitrogens is 1. The minimum Gasteiger partial charge on any atom is -0.468 e. The van der Waals surface area contributed by atoms with Gasteiger partial charge in [-0.3, -0.25) is 10.1 Å². The number of nitrogens with one attached hydrogen (secondary N) is 2. The number of esters is 1. The molecule has 1 aliphatic rings. The highest BCUT2D eigenvalue weighted by Crippen LogP contribution is 2.26. The van der Waals surface area contributed by atoms with E-state index in [4.69, 9.17) is 4.74 Å². The molecular formula is C14H18N2O2. The number of carbonyl (C=O) groups excluding carboxylic acids is 1. The lowest BCUT2D eigenvalue weighted by atomic mass is 9.97. The van der Waals surface area contributed by atoms with E-state index in [0.29, 0.717) is 13.0 Å². The van der Waals surface area contributed by atoms with Gasteiger partial charge in [0.05, 0.1) is 7.11 Å². The molecule has 96 valence electrons. The Morgan fingerprint density at radius 1 is 1.56 bits per heavy atom. The second-order valence-corrected chi connectivity index (χ2v) is 4.27. The van der Waals surface area contributed by atoms with Crippen LogP contribution in [0, 0.1) is 0 Å². The first-order valence-electron chi connectivity index (χ1n) is 6.01. The fraction of sp³-hybridized carbons (Fsp3) is 0.357. The largest absolute Gasteiger partial charge is 0.468 e. The quantitative estimate of drug-likeness (QED) is 0.801. The number of allylic oxidation sites excluding steroid dienone is 1. The summed E-state index contributed by atoms with van der Waals surface area (Å²) in [5, 5.41) is 3.17. The third-order valence-corrected chi connectivity index (χ3v) is 3.22. The van der Waals surface area contributed by atoms with E-state index >= 15 is 0 Å². The van der Waals surface area contributed by atoms with Crippen molar-refractivity contribution in [2.24, 2.45) is 0 Å². The van der Waals surface area contributed by atoms with Gasteiger partial charge >= 0.3 is 5.97 Å². The topological polar surface area (TPSA) is 54.1 Å². The van der Waals surface area contributed by atoms with Gasteiger partial charge < -0.3 is 9.72 Å². The first kappa shape index (κ1) is 12.6. The van der Waals surface area contributed by atoms with Crippen molar-refractivity contribution in [3.05, 3.63) is 35.2 Å². The number of carbonyl (C=O) groups is 1. The summed E-state index contributed by atoms with van der Waals surface area (Å²) in [6.07, 6.45) is 6.47. The van der Waals surface area contributed by atoms with E-state index < -0.39 is 0 Å². The predicted octanol–water partition coefficient (Wildman–Crippen LogP) is 1.88. The third-order valence-electron chi connectivity index (χ3n) is 3.22. The molecule has 2 N–H and O–H groups in total. The molecule has 0 unspecified atom stereocenters. The van der Waals surface area contributed by atoms with Crippen LogP contribution in [0.15, 0.2) is 12.7 Å². The van der Waals surface area contributed by atoms with E-state index in [9.17, 15) is 4.79 Å². The number of methoxy groups -OCH3 is 1. The van der Waals surface area contributed by atoms with Gasteiger partial charge in [0.1, 0.15) is 6.04 Å². The second-order valence-electron chi connectivity index (χ2n) is 4.27. The van der Waals surface area contributed by atoms with E-state index in [2.05, 4.69) is 16.9 Å². The maximum Gasteiger partial charge on any atom is 0.323 e. The lowest BCUT2D eigenvalue weighted by Gasteiger charge is -2.22. The lowest BCUT2D eigenvalue weighted by Crippen LogP contribution is -2.42. The highest BCUT2D eigenvalue weighted by Gasteiger charge is 2.28. The minimum absolute atomic E-state index is 0.218. The fourth-order valence-electron chi connectivity index (χ4n) is 2.36. The van der Waals surface area contributed by atoms with Crippen molar-refractivity contribution < 1.29 is 9.53 Å². The summed E-state index contributed by atoms with van der Waals surface area (Å²) in [5.41, 5.74) is 4.41. The summed E-state index contributed by atoms with van der Waals surface area (Å²) in [7, 11) is 1.41. The molecule has 18 heavy (non-hydrogen) atoms. The van der Waals surface area contributed by atoms with E-state index in [-0.39, 0.29) is 12.0 Å². The average molecular weight is 246 g/mol. The molecule has 0 spiro atoms. The van der Waals surface area contributed by atoms with Crippen LogP contribution >= 0.6 is 0 Å².